The lowest BCUT2D eigenvalue weighted by Gasteiger charge is -2.40. The monoisotopic (exact) mass is 616 g/mol. The topological polar surface area (TPSA) is 116 Å². The summed E-state index contributed by atoms with van der Waals surface area (Å²) in [7, 11) is 1.89. The van der Waals surface area contributed by atoms with E-state index in [0.29, 0.717) is 38.4 Å². The summed E-state index contributed by atoms with van der Waals surface area (Å²) in [5, 5.41) is 13.5. The maximum absolute atomic E-state index is 16.6. The molecule has 5 heterocycles. The number of likely N-dealkylation sites (tertiary alicyclic amines) is 1. The number of piperidine rings is 1. The zero-order valence-electron chi connectivity index (χ0n) is 24.6. The number of benzene rings is 1. The van der Waals surface area contributed by atoms with Crippen molar-refractivity contribution in [3.63, 3.8) is 0 Å². The number of piperazine rings is 1. The van der Waals surface area contributed by atoms with Crippen LogP contribution in [0.2, 0.25) is 0 Å². The first kappa shape index (κ1) is 30.2. The van der Waals surface area contributed by atoms with Crippen molar-refractivity contribution in [3.8, 4) is 23.3 Å². The van der Waals surface area contributed by atoms with Gasteiger partial charge in [-0.3, -0.25) is 4.98 Å². The highest BCUT2D eigenvalue weighted by Gasteiger charge is 2.42. The molecule has 2 bridgehead atoms. The predicted octanol–water partition coefficient (Wildman–Crippen LogP) is 4.61. The summed E-state index contributed by atoms with van der Waals surface area (Å²) in [6, 6.07) is 2.88. The summed E-state index contributed by atoms with van der Waals surface area (Å²) in [6.07, 6.45) is -2.60. The number of halogens is 5. The Morgan fingerprint density at radius 1 is 1.20 bits per heavy atom. The molecule has 14 heteroatoms. The first-order chi connectivity index (χ1) is 20.8. The molecule has 3 aliphatic heterocycles. The Morgan fingerprint density at radius 2 is 1.91 bits per heavy atom. The van der Waals surface area contributed by atoms with Gasteiger partial charge in [-0.25, -0.2) is 8.78 Å². The largest absolute Gasteiger partial charge is 0.463 e. The first-order valence-corrected chi connectivity index (χ1v) is 14.5. The van der Waals surface area contributed by atoms with Crippen molar-refractivity contribution in [2.75, 3.05) is 50.5 Å². The molecule has 44 heavy (non-hydrogen) atoms. The fourth-order valence-electron chi connectivity index (χ4n) is 6.88. The van der Waals surface area contributed by atoms with E-state index in [0.717, 1.165) is 18.9 Å². The summed E-state index contributed by atoms with van der Waals surface area (Å²) in [4.78, 5) is 17.0. The summed E-state index contributed by atoms with van der Waals surface area (Å²) < 4.78 is 80.5. The van der Waals surface area contributed by atoms with Gasteiger partial charge in [0.05, 0.1) is 22.2 Å². The molecule has 3 N–H and O–H groups in total. The molecule has 4 atom stereocenters. The van der Waals surface area contributed by atoms with Gasteiger partial charge in [0.15, 0.2) is 5.82 Å². The Morgan fingerprint density at radius 3 is 2.57 bits per heavy atom. The van der Waals surface area contributed by atoms with Crippen LogP contribution in [0.15, 0.2) is 12.3 Å². The number of nitrogen functional groups attached to an aromatic ring is 1. The molecule has 2 aromatic heterocycles. The fourth-order valence-corrected chi connectivity index (χ4v) is 6.88. The minimum atomic E-state index is -4.93. The molecule has 1 aromatic carbocycles. The Labute approximate surface area is 251 Å². The van der Waals surface area contributed by atoms with Gasteiger partial charge >= 0.3 is 12.2 Å². The number of pyridine rings is 1. The molecule has 3 fully saturated rings. The second kappa shape index (κ2) is 11.0. The molecule has 0 radical (unpaired) electrons. The second-order valence-electron chi connectivity index (χ2n) is 12.5. The maximum atomic E-state index is 16.6. The van der Waals surface area contributed by atoms with Gasteiger partial charge in [0.1, 0.15) is 35.9 Å². The molecule has 3 saturated heterocycles. The molecule has 0 spiro atoms. The van der Waals surface area contributed by atoms with Crippen molar-refractivity contribution in [2.24, 2.45) is 5.41 Å². The van der Waals surface area contributed by atoms with Crippen LogP contribution in [-0.4, -0.2) is 77.9 Å². The van der Waals surface area contributed by atoms with Crippen LogP contribution in [0.4, 0.5) is 33.5 Å². The highest BCUT2D eigenvalue weighted by molar-refractivity contribution is 5.93. The Hall–Kier alpha value is -3.83. The standard InChI is InChI=1S/C30H33F5N8O/c1-15-8-20(37)18(9-36)22(23(15)30(33,34)35)26-24(32)25-19(10-38-26)27(43-11-16-4-5-17(12-43)39-16)41-28(40-25)44-14-29(2)13-42(3)7-6-21(29)31/h8,10,16-17,21,39H,4-7,11-14,37H2,1-3H3/t16-,17+,21-,29+/m1/s1. The van der Waals surface area contributed by atoms with Crippen molar-refractivity contribution in [1.82, 2.24) is 25.2 Å². The molecule has 6 rings (SSSR count). The normalized spacial score (nSPS) is 25.8. The van der Waals surface area contributed by atoms with Crippen molar-refractivity contribution >= 4 is 22.4 Å². The maximum Gasteiger partial charge on any atom is 0.417 e. The SMILES string of the molecule is Cc1cc(N)c(C#N)c(-c2ncc3c(N4C[C@H]5CC[C@@H](C4)N5)nc(OC[C@]4(C)CN(C)CC[C@H]4F)nc3c2F)c1C(F)(F)F. The zero-order valence-corrected chi connectivity index (χ0v) is 24.6. The Bertz CT molecular complexity index is 1650. The number of anilines is 2. The van der Waals surface area contributed by atoms with Gasteiger partial charge in [0.2, 0.25) is 0 Å². The zero-order chi connectivity index (χ0) is 31.6. The predicted molar refractivity (Wildman–Crippen MR) is 154 cm³/mol. The molecular formula is C30H33F5N8O. The Balaban J connectivity index is 1.52. The van der Waals surface area contributed by atoms with Crippen LogP contribution in [0.3, 0.4) is 0 Å². The van der Waals surface area contributed by atoms with E-state index in [9.17, 15) is 18.4 Å². The lowest BCUT2D eigenvalue weighted by atomic mass is 9.81. The number of aromatic nitrogens is 3. The third-order valence-electron chi connectivity index (χ3n) is 9.03. The number of nitrogens with zero attached hydrogens (tertiary/aromatic N) is 6. The first-order valence-electron chi connectivity index (χ1n) is 14.5. The van der Waals surface area contributed by atoms with Crippen LogP contribution in [0.25, 0.3) is 22.2 Å². The number of aryl methyl sites for hydroxylation is 1. The number of nitrogens with two attached hydrogens (primary N) is 1. The van der Waals surface area contributed by atoms with E-state index in [2.05, 4.69) is 20.3 Å². The van der Waals surface area contributed by atoms with E-state index >= 15 is 8.78 Å². The van der Waals surface area contributed by atoms with E-state index < -0.39 is 46.0 Å². The number of nitriles is 1. The van der Waals surface area contributed by atoms with E-state index in [4.69, 9.17) is 10.5 Å². The molecule has 0 saturated carbocycles. The summed E-state index contributed by atoms with van der Waals surface area (Å²) in [6.45, 7) is 5.00. The fraction of sp³-hybridized carbons (Fsp3) is 0.533. The molecule has 0 unspecified atom stereocenters. The van der Waals surface area contributed by atoms with Crippen molar-refractivity contribution < 1.29 is 26.7 Å². The van der Waals surface area contributed by atoms with Crippen LogP contribution < -0.4 is 20.7 Å². The van der Waals surface area contributed by atoms with Crippen LogP contribution in [0.5, 0.6) is 6.01 Å². The number of nitrogens with one attached hydrogen (secondary N) is 1. The van der Waals surface area contributed by atoms with Gasteiger partial charge in [0, 0.05) is 55.4 Å². The molecule has 3 aliphatic rings. The van der Waals surface area contributed by atoms with Crippen LogP contribution in [0, 0.1) is 29.5 Å². The van der Waals surface area contributed by atoms with Crippen LogP contribution in [-0.2, 0) is 6.18 Å². The minimum absolute atomic E-state index is 0.0962. The smallest absolute Gasteiger partial charge is 0.417 e. The number of alkyl halides is 4. The third-order valence-corrected chi connectivity index (χ3v) is 9.03. The lowest BCUT2D eigenvalue weighted by Crippen LogP contribution is -2.51. The van der Waals surface area contributed by atoms with E-state index in [1.54, 1.807) is 13.0 Å². The van der Waals surface area contributed by atoms with E-state index in [-0.39, 0.29) is 46.9 Å². The van der Waals surface area contributed by atoms with Gasteiger partial charge < -0.3 is 25.6 Å². The molecule has 9 nitrogen and oxygen atoms in total. The number of hydrogen-bond donors (Lipinski definition) is 2. The highest BCUT2D eigenvalue weighted by Crippen LogP contribution is 2.44. The third kappa shape index (κ3) is 5.26. The molecule has 3 aromatic rings. The lowest BCUT2D eigenvalue weighted by molar-refractivity contribution is -0.137. The van der Waals surface area contributed by atoms with Gasteiger partial charge in [-0.1, -0.05) is 6.92 Å². The number of ether oxygens (including phenoxy) is 1. The van der Waals surface area contributed by atoms with Gasteiger partial charge in [-0.2, -0.15) is 28.4 Å². The summed E-state index contributed by atoms with van der Waals surface area (Å²) in [5.74, 6) is -0.850. The summed E-state index contributed by atoms with van der Waals surface area (Å²) in [5.41, 5.74) is 1.01. The van der Waals surface area contributed by atoms with Crippen LogP contribution >= 0.6 is 0 Å². The van der Waals surface area contributed by atoms with Crippen molar-refractivity contribution in [1.29, 1.82) is 5.26 Å². The van der Waals surface area contributed by atoms with Gasteiger partial charge in [-0.15, -0.1) is 0 Å². The minimum Gasteiger partial charge on any atom is -0.463 e. The molecule has 234 valence electrons. The quantitative estimate of drug-likeness (QED) is 0.313. The second-order valence-corrected chi connectivity index (χ2v) is 12.5. The van der Waals surface area contributed by atoms with Crippen LogP contribution in [0.1, 0.15) is 42.9 Å². The number of hydrogen-bond acceptors (Lipinski definition) is 9. The molecule has 0 amide bonds. The number of rotatable bonds is 5. The van der Waals surface area contributed by atoms with E-state index in [1.807, 2.05) is 16.8 Å². The highest BCUT2D eigenvalue weighted by atomic mass is 19.4. The van der Waals surface area contributed by atoms with Crippen molar-refractivity contribution in [3.05, 3.63) is 34.8 Å². The average molecular weight is 617 g/mol. The van der Waals surface area contributed by atoms with Gasteiger partial charge in [-0.05, 0) is 44.9 Å². The Kier molecular flexibility index (Phi) is 7.52. The number of fused-ring (bicyclic) bond motifs is 3. The van der Waals surface area contributed by atoms with Crippen molar-refractivity contribution in [2.45, 2.75) is 57.5 Å². The summed E-state index contributed by atoms with van der Waals surface area (Å²) >= 11 is 0. The average Bonchev–Trinajstić information content (AvgIpc) is 3.30. The molecular weight excluding hydrogens is 583 g/mol. The molecule has 0 aliphatic carbocycles. The van der Waals surface area contributed by atoms with Gasteiger partial charge in [0.25, 0.3) is 0 Å². The van der Waals surface area contributed by atoms with E-state index in [1.165, 1.54) is 13.1 Å².